The molecule has 12 heteroatoms. The van der Waals surface area contributed by atoms with E-state index in [-0.39, 0.29) is 18.0 Å². The van der Waals surface area contributed by atoms with Crippen LogP contribution in [0.3, 0.4) is 0 Å². The molecule has 3 aromatic heterocycles. The molecule has 0 bridgehead atoms. The lowest BCUT2D eigenvalue weighted by molar-refractivity contribution is 0.112. The minimum Gasteiger partial charge on any atom is -0.372 e. The number of benzene rings is 1. The zero-order chi connectivity index (χ0) is 30.2. The molecule has 0 amide bonds. The second kappa shape index (κ2) is 14.3. The second-order valence-electron chi connectivity index (χ2n) is 10.4. The van der Waals surface area contributed by atoms with Crippen molar-refractivity contribution in [3.05, 3.63) is 90.3 Å². The lowest BCUT2D eigenvalue weighted by atomic mass is 10.1. The number of aromatic nitrogens is 4. The molecule has 1 atom stereocenters. The predicted octanol–water partition coefficient (Wildman–Crippen LogP) is 4.88. The van der Waals surface area contributed by atoms with Gasteiger partial charge in [0.25, 0.3) is 0 Å². The van der Waals surface area contributed by atoms with E-state index in [1.807, 2.05) is 13.1 Å². The third-order valence-electron chi connectivity index (χ3n) is 7.23. The molecule has 0 saturated carbocycles. The lowest BCUT2D eigenvalue weighted by Crippen LogP contribution is -2.52. The molecule has 1 unspecified atom stereocenters. The van der Waals surface area contributed by atoms with Crippen LogP contribution in [0.2, 0.25) is 0 Å². The van der Waals surface area contributed by atoms with Gasteiger partial charge in [0, 0.05) is 74.5 Å². The number of carbonyl (C=O) groups is 1. The SMILES string of the molecule is CNc1cnc(N2CCN(c3ccc(F)cn3)C(C)C2)cn1.Cc1ccc(SOC2CN(c3ccc(C=O)cn3)C2)cc1. The van der Waals surface area contributed by atoms with Gasteiger partial charge >= 0.3 is 0 Å². The van der Waals surface area contributed by atoms with Gasteiger partial charge in [0.1, 0.15) is 35.2 Å². The minimum atomic E-state index is -0.310. The van der Waals surface area contributed by atoms with Crippen LogP contribution in [0.25, 0.3) is 0 Å². The normalized spacial score (nSPS) is 16.7. The van der Waals surface area contributed by atoms with Crippen molar-refractivity contribution in [2.24, 2.45) is 0 Å². The Morgan fingerprint density at radius 3 is 2.21 bits per heavy atom. The van der Waals surface area contributed by atoms with E-state index in [1.54, 1.807) is 30.7 Å². The maximum Gasteiger partial charge on any atom is 0.151 e. The molecule has 2 fully saturated rings. The van der Waals surface area contributed by atoms with Crippen molar-refractivity contribution in [2.75, 3.05) is 59.8 Å². The van der Waals surface area contributed by atoms with Crippen LogP contribution < -0.4 is 20.0 Å². The number of rotatable bonds is 8. The van der Waals surface area contributed by atoms with E-state index >= 15 is 0 Å². The number of aldehydes is 1. The van der Waals surface area contributed by atoms with E-state index in [4.69, 9.17) is 4.18 Å². The van der Waals surface area contributed by atoms with Gasteiger partial charge in [0.15, 0.2) is 6.29 Å². The molecule has 5 heterocycles. The summed E-state index contributed by atoms with van der Waals surface area (Å²) in [6.45, 7) is 8.33. The highest BCUT2D eigenvalue weighted by Gasteiger charge is 2.29. The van der Waals surface area contributed by atoms with E-state index < -0.39 is 0 Å². The molecular weight excluding hydrogens is 567 g/mol. The maximum atomic E-state index is 13.0. The number of hydrogen-bond donors (Lipinski definition) is 1. The standard InChI is InChI=1S/C16H16N2O2S.C15H19FN6/c1-12-2-5-15(6-3-12)21-20-14-9-18(10-14)16-7-4-13(11-19)8-17-16;1-11-10-21(15-9-18-13(17-2)8-20-15)5-6-22(11)14-4-3-12(16)7-19-14/h2-8,11,14H,9-10H2,1H3;3-4,7-9,11H,5-6,10H2,1-2H3,(H,17,18). The van der Waals surface area contributed by atoms with E-state index in [0.29, 0.717) is 5.56 Å². The Labute approximate surface area is 255 Å². The van der Waals surface area contributed by atoms with Crippen molar-refractivity contribution >= 4 is 41.6 Å². The molecule has 43 heavy (non-hydrogen) atoms. The van der Waals surface area contributed by atoms with Gasteiger partial charge in [-0.1, -0.05) is 17.7 Å². The average Bonchev–Trinajstić information content (AvgIpc) is 3.02. The topological polar surface area (TPSA) is 99.6 Å². The maximum absolute atomic E-state index is 13.0. The second-order valence-corrected chi connectivity index (χ2v) is 11.3. The van der Waals surface area contributed by atoms with Crippen molar-refractivity contribution in [1.82, 2.24) is 19.9 Å². The minimum absolute atomic E-state index is 0.212. The molecule has 0 aliphatic carbocycles. The Morgan fingerprint density at radius 1 is 0.860 bits per heavy atom. The highest BCUT2D eigenvalue weighted by Crippen LogP contribution is 2.27. The van der Waals surface area contributed by atoms with Crippen LogP contribution >= 0.6 is 12.0 Å². The lowest BCUT2D eigenvalue weighted by Gasteiger charge is -2.41. The van der Waals surface area contributed by atoms with Crippen LogP contribution in [0.5, 0.6) is 0 Å². The van der Waals surface area contributed by atoms with Gasteiger partial charge in [0.05, 0.1) is 18.6 Å². The molecule has 224 valence electrons. The third kappa shape index (κ3) is 7.96. The first kappa shape index (κ1) is 30.2. The van der Waals surface area contributed by atoms with Gasteiger partial charge in [-0.25, -0.2) is 24.3 Å². The summed E-state index contributed by atoms with van der Waals surface area (Å²) in [5, 5.41) is 2.96. The molecule has 0 spiro atoms. The summed E-state index contributed by atoms with van der Waals surface area (Å²) in [6.07, 6.45) is 7.38. The number of piperazine rings is 1. The van der Waals surface area contributed by atoms with Gasteiger partial charge in [0.2, 0.25) is 0 Å². The first-order valence-corrected chi connectivity index (χ1v) is 14.8. The fourth-order valence-corrected chi connectivity index (χ4v) is 5.33. The van der Waals surface area contributed by atoms with Crippen LogP contribution in [0.1, 0.15) is 22.8 Å². The van der Waals surface area contributed by atoms with E-state index in [0.717, 1.165) is 67.2 Å². The molecule has 2 saturated heterocycles. The number of pyridine rings is 2. The number of nitrogens with one attached hydrogen (secondary N) is 1. The Morgan fingerprint density at radius 2 is 1.60 bits per heavy atom. The Kier molecular flexibility index (Phi) is 10.0. The van der Waals surface area contributed by atoms with E-state index in [9.17, 15) is 9.18 Å². The van der Waals surface area contributed by atoms with E-state index in [2.05, 4.69) is 78.1 Å². The van der Waals surface area contributed by atoms with Crippen molar-refractivity contribution in [1.29, 1.82) is 0 Å². The fraction of sp³-hybridized carbons (Fsp3) is 0.323. The molecule has 4 aromatic rings. The number of aryl methyl sites for hydroxylation is 1. The molecule has 1 N–H and O–H groups in total. The highest BCUT2D eigenvalue weighted by atomic mass is 32.2. The summed E-state index contributed by atoms with van der Waals surface area (Å²) in [7, 11) is 1.82. The van der Waals surface area contributed by atoms with Crippen LogP contribution in [0, 0.1) is 12.7 Å². The number of anilines is 4. The van der Waals surface area contributed by atoms with Crippen molar-refractivity contribution in [3.8, 4) is 0 Å². The number of halogens is 1. The van der Waals surface area contributed by atoms with Gasteiger partial charge in [-0.2, -0.15) is 0 Å². The zero-order valence-electron chi connectivity index (χ0n) is 24.4. The summed E-state index contributed by atoms with van der Waals surface area (Å²) in [5.41, 5.74) is 1.85. The zero-order valence-corrected chi connectivity index (χ0v) is 25.2. The van der Waals surface area contributed by atoms with Crippen molar-refractivity contribution in [3.63, 3.8) is 0 Å². The Balaban J connectivity index is 0.000000171. The van der Waals surface area contributed by atoms with Gasteiger partial charge in [-0.15, -0.1) is 0 Å². The monoisotopic (exact) mass is 602 g/mol. The van der Waals surface area contributed by atoms with Crippen molar-refractivity contribution < 1.29 is 13.4 Å². The Hall–Kier alpha value is -4.29. The summed E-state index contributed by atoms with van der Waals surface area (Å²) in [4.78, 5) is 35.4. The molecule has 2 aliphatic rings. The number of carbonyl (C=O) groups excluding carboxylic acids is 1. The summed E-state index contributed by atoms with van der Waals surface area (Å²) in [5.74, 6) is 3.02. The molecule has 10 nitrogen and oxygen atoms in total. The van der Waals surface area contributed by atoms with E-state index in [1.165, 1.54) is 29.9 Å². The summed E-state index contributed by atoms with van der Waals surface area (Å²) < 4.78 is 18.8. The van der Waals surface area contributed by atoms with Gasteiger partial charge in [-0.05, 0) is 50.2 Å². The van der Waals surface area contributed by atoms with Crippen LogP contribution in [0.4, 0.5) is 27.7 Å². The average molecular weight is 603 g/mol. The molecular formula is C31H35FN8O2S. The molecule has 2 aliphatic heterocycles. The molecule has 0 radical (unpaired) electrons. The quantitative estimate of drug-likeness (QED) is 0.221. The van der Waals surface area contributed by atoms with Crippen LogP contribution in [0.15, 0.2) is 78.2 Å². The number of nitrogens with zero attached hydrogens (tertiary/aromatic N) is 7. The van der Waals surface area contributed by atoms with Gasteiger partial charge in [-0.3, -0.25) is 4.79 Å². The first-order chi connectivity index (χ1) is 20.9. The smallest absolute Gasteiger partial charge is 0.151 e. The molecule has 6 rings (SSSR count). The van der Waals surface area contributed by atoms with Crippen LogP contribution in [-0.2, 0) is 4.18 Å². The first-order valence-electron chi connectivity index (χ1n) is 14.1. The predicted molar refractivity (Wildman–Crippen MR) is 169 cm³/mol. The van der Waals surface area contributed by atoms with Gasteiger partial charge < -0.3 is 24.2 Å². The van der Waals surface area contributed by atoms with Crippen LogP contribution in [-0.4, -0.2) is 78.1 Å². The molecule has 1 aromatic carbocycles. The number of hydrogen-bond acceptors (Lipinski definition) is 11. The summed E-state index contributed by atoms with van der Waals surface area (Å²) in [6, 6.07) is 15.4. The highest BCUT2D eigenvalue weighted by molar-refractivity contribution is 7.94. The fourth-order valence-electron chi connectivity index (χ4n) is 4.72. The third-order valence-corrected chi connectivity index (χ3v) is 8.07. The Bertz CT molecular complexity index is 1450. The largest absolute Gasteiger partial charge is 0.372 e. The van der Waals surface area contributed by atoms with Crippen molar-refractivity contribution in [2.45, 2.75) is 30.9 Å². The summed E-state index contributed by atoms with van der Waals surface area (Å²) >= 11 is 1.42.